The average Bonchev–Trinajstić information content (AvgIpc) is 3.78. The highest BCUT2D eigenvalue weighted by molar-refractivity contribution is 6.04. The number of nitrogens with one attached hydrogen (secondary N) is 2. The van der Waals surface area contributed by atoms with Gasteiger partial charge in [0.25, 0.3) is 0 Å². The standard InChI is InChI=1S/C25H37N7O.C8H11NO3.C8H17NO3.C2H6/c1-4-5-6-10-27-24-23-21(28-25(26)29-24)9-11-32(23)18-20-8-7-19(16-22(20)33-3)17-31-14-12-30(2)13-15-31;1-2-6-5-7(11)9(3-4-10)8(6)12;1-9-3-6-12-8-7-11-5-2-4-10;1-2/h7-9,11,16H,4-6,10,12-15,17-18H2,1-3H3,(H3,26,27,28,29);4,6H,2-3,5H2,1H3;4,9H,2-3,5-8H2,1H3;1-2H3. The number of carbonyl (C=O) groups is 4. The van der Waals surface area contributed by atoms with Crippen molar-refractivity contribution in [1.82, 2.24) is 34.6 Å². The number of fused-ring (bicyclic) bond motifs is 1. The minimum atomic E-state index is -0.223. The Kier molecular flexibility index (Phi) is 25.5. The Morgan fingerprint density at radius 2 is 1.64 bits per heavy atom. The molecule has 0 bridgehead atoms. The Morgan fingerprint density at radius 1 is 0.915 bits per heavy atom. The first kappa shape index (κ1) is 50.7. The van der Waals surface area contributed by atoms with Gasteiger partial charge in [0.2, 0.25) is 17.8 Å². The zero-order valence-corrected chi connectivity index (χ0v) is 36.7. The summed E-state index contributed by atoms with van der Waals surface area (Å²) in [5.41, 5.74) is 10.2. The fourth-order valence-electron chi connectivity index (χ4n) is 6.39. The predicted molar refractivity (Wildman–Crippen MR) is 234 cm³/mol. The number of piperazine rings is 1. The number of rotatable bonds is 22. The van der Waals surface area contributed by atoms with Crippen LogP contribution in [0, 0.1) is 5.92 Å². The molecule has 4 heterocycles. The van der Waals surface area contributed by atoms with E-state index in [9.17, 15) is 19.2 Å². The number of hydrogen-bond acceptors (Lipinski definition) is 14. The van der Waals surface area contributed by atoms with Crippen LogP contribution in [0.25, 0.3) is 11.0 Å². The molecular formula is C43H71N9O7. The summed E-state index contributed by atoms with van der Waals surface area (Å²) in [7, 11) is 5.81. The molecule has 3 aromatic rings. The predicted octanol–water partition coefficient (Wildman–Crippen LogP) is 4.24. The van der Waals surface area contributed by atoms with Gasteiger partial charge in [-0.25, -0.2) is 4.98 Å². The molecule has 16 heteroatoms. The van der Waals surface area contributed by atoms with Crippen LogP contribution in [0.15, 0.2) is 30.5 Å². The van der Waals surface area contributed by atoms with E-state index in [1.165, 1.54) is 18.4 Å². The molecule has 2 aliphatic rings. The zero-order chi connectivity index (χ0) is 43.4. The van der Waals surface area contributed by atoms with Crippen LogP contribution in [-0.4, -0.2) is 147 Å². The highest BCUT2D eigenvalue weighted by Crippen LogP contribution is 2.28. The molecule has 0 radical (unpaired) electrons. The molecule has 0 spiro atoms. The Morgan fingerprint density at radius 3 is 2.27 bits per heavy atom. The summed E-state index contributed by atoms with van der Waals surface area (Å²) in [6.45, 7) is 18.2. The third-order valence-electron chi connectivity index (χ3n) is 9.73. The molecule has 0 saturated carbocycles. The van der Waals surface area contributed by atoms with Crippen LogP contribution in [0.5, 0.6) is 5.75 Å². The van der Waals surface area contributed by atoms with Crippen LogP contribution in [0.1, 0.15) is 77.3 Å². The Labute approximate surface area is 351 Å². The quantitative estimate of drug-likeness (QED) is 0.0742. The van der Waals surface area contributed by atoms with Gasteiger partial charge < -0.3 is 49.6 Å². The lowest BCUT2D eigenvalue weighted by Gasteiger charge is -2.32. The molecule has 2 aliphatic heterocycles. The number of amides is 2. The first-order chi connectivity index (χ1) is 28.7. The molecule has 2 saturated heterocycles. The zero-order valence-electron chi connectivity index (χ0n) is 36.7. The monoisotopic (exact) mass is 826 g/mol. The van der Waals surface area contributed by atoms with Crippen molar-refractivity contribution in [2.45, 2.75) is 79.3 Å². The lowest BCUT2D eigenvalue weighted by Crippen LogP contribution is -2.43. The Bertz CT molecular complexity index is 1660. The van der Waals surface area contributed by atoms with Gasteiger partial charge in [-0.2, -0.15) is 4.98 Å². The van der Waals surface area contributed by atoms with Gasteiger partial charge in [0, 0.05) is 76.3 Å². The number of unbranched alkanes of at least 4 members (excludes halogenated alkanes) is 2. The van der Waals surface area contributed by atoms with Gasteiger partial charge in [-0.05, 0) is 44.6 Å². The number of likely N-dealkylation sites (tertiary alicyclic amines) is 1. The van der Waals surface area contributed by atoms with E-state index in [1.54, 1.807) is 7.11 Å². The van der Waals surface area contributed by atoms with E-state index in [2.05, 4.69) is 67.1 Å². The molecule has 2 amide bonds. The van der Waals surface area contributed by atoms with E-state index in [0.717, 1.165) is 91.6 Å². The number of methoxy groups -OCH3 is 1. The number of benzene rings is 1. The molecular weight excluding hydrogens is 755 g/mol. The minimum absolute atomic E-state index is 0.0891. The van der Waals surface area contributed by atoms with Crippen LogP contribution in [0.3, 0.4) is 0 Å². The van der Waals surface area contributed by atoms with Crippen molar-refractivity contribution in [3.05, 3.63) is 41.6 Å². The third-order valence-corrected chi connectivity index (χ3v) is 9.73. The van der Waals surface area contributed by atoms with Crippen molar-refractivity contribution < 1.29 is 33.4 Å². The first-order valence-corrected chi connectivity index (χ1v) is 21.1. The number of imide groups is 1. The van der Waals surface area contributed by atoms with Gasteiger partial charge in [-0.1, -0.05) is 52.7 Å². The van der Waals surface area contributed by atoms with Gasteiger partial charge in [0.15, 0.2) is 5.82 Å². The molecule has 1 unspecified atom stereocenters. The van der Waals surface area contributed by atoms with Crippen molar-refractivity contribution in [1.29, 1.82) is 0 Å². The van der Waals surface area contributed by atoms with Crippen LogP contribution in [0.4, 0.5) is 11.8 Å². The lowest BCUT2D eigenvalue weighted by atomic mass is 10.1. The second kappa shape index (κ2) is 29.7. The summed E-state index contributed by atoms with van der Waals surface area (Å²) in [6.07, 6.45) is 8.35. The molecule has 16 nitrogen and oxygen atoms in total. The maximum atomic E-state index is 11.3. The molecule has 4 N–H and O–H groups in total. The number of nitrogen functional groups attached to an aromatic ring is 1. The van der Waals surface area contributed by atoms with Crippen LogP contribution < -0.4 is 21.1 Å². The SMILES string of the molecule is CC.CCC1CC(=O)N(CC=O)C1=O.CCCCCNc1nc(N)nc2ccn(Cc3ccc(CN4CCN(C)CC4)cc3OC)c12.CNCCOCCOCCC=O. The third kappa shape index (κ3) is 17.7. The summed E-state index contributed by atoms with van der Waals surface area (Å²) >= 11 is 0. The number of ether oxygens (including phenoxy) is 3. The van der Waals surface area contributed by atoms with Crippen molar-refractivity contribution >= 4 is 47.2 Å². The van der Waals surface area contributed by atoms with E-state index < -0.39 is 0 Å². The van der Waals surface area contributed by atoms with E-state index in [1.807, 2.05) is 40.1 Å². The van der Waals surface area contributed by atoms with Crippen molar-refractivity contribution in [2.75, 3.05) is 104 Å². The smallest absolute Gasteiger partial charge is 0.233 e. The molecule has 1 aromatic carbocycles. The molecule has 59 heavy (non-hydrogen) atoms. The number of carbonyl (C=O) groups excluding carboxylic acids is 4. The largest absolute Gasteiger partial charge is 0.496 e. The van der Waals surface area contributed by atoms with Crippen LogP contribution in [-0.2, 0) is 41.7 Å². The summed E-state index contributed by atoms with van der Waals surface area (Å²) in [5, 5.41) is 6.44. The average molecular weight is 826 g/mol. The Hall–Kier alpha value is -4.48. The van der Waals surface area contributed by atoms with Crippen LogP contribution >= 0.6 is 0 Å². The molecule has 2 aromatic heterocycles. The van der Waals surface area contributed by atoms with Crippen molar-refractivity contribution in [3.63, 3.8) is 0 Å². The van der Waals surface area contributed by atoms with Gasteiger partial charge in [0.05, 0.1) is 52.1 Å². The number of nitrogens with two attached hydrogens (primary N) is 1. The molecule has 1 atom stereocenters. The lowest BCUT2D eigenvalue weighted by molar-refractivity contribution is -0.141. The number of aromatic nitrogens is 3. The number of nitrogens with zero attached hydrogens (tertiary/aromatic N) is 6. The summed E-state index contributed by atoms with van der Waals surface area (Å²) in [4.78, 5) is 57.2. The number of aldehydes is 2. The normalized spacial score (nSPS) is 15.4. The number of anilines is 2. The molecule has 5 rings (SSSR count). The molecule has 330 valence electrons. The summed E-state index contributed by atoms with van der Waals surface area (Å²) in [6, 6.07) is 8.58. The first-order valence-electron chi connectivity index (χ1n) is 21.1. The minimum Gasteiger partial charge on any atom is -0.496 e. The van der Waals surface area contributed by atoms with E-state index in [-0.39, 0.29) is 30.7 Å². The van der Waals surface area contributed by atoms with Gasteiger partial charge >= 0.3 is 0 Å². The van der Waals surface area contributed by atoms with Gasteiger partial charge in [-0.3, -0.25) is 19.4 Å². The van der Waals surface area contributed by atoms with Crippen molar-refractivity contribution in [3.8, 4) is 5.75 Å². The second-order valence-corrected chi connectivity index (χ2v) is 14.1. The highest BCUT2D eigenvalue weighted by atomic mass is 16.5. The van der Waals surface area contributed by atoms with E-state index in [0.29, 0.717) is 58.0 Å². The van der Waals surface area contributed by atoms with E-state index in [4.69, 9.17) is 19.9 Å². The molecule has 2 fully saturated rings. The molecule has 0 aliphatic carbocycles. The highest BCUT2D eigenvalue weighted by Gasteiger charge is 2.36. The number of hydrogen-bond donors (Lipinski definition) is 3. The van der Waals surface area contributed by atoms with Gasteiger partial charge in [-0.15, -0.1) is 0 Å². The fourth-order valence-corrected chi connectivity index (χ4v) is 6.39. The summed E-state index contributed by atoms with van der Waals surface area (Å²) < 4.78 is 18.2. The topological polar surface area (TPSA) is 186 Å². The maximum absolute atomic E-state index is 11.3. The van der Waals surface area contributed by atoms with Crippen molar-refractivity contribution in [2.24, 2.45) is 5.92 Å². The second-order valence-electron chi connectivity index (χ2n) is 14.1. The fraction of sp³-hybridized carbons (Fsp3) is 0.628. The number of likely N-dealkylation sites (N-methyl/N-ethyl adjacent to an activating group) is 2. The Balaban J connectivity index is 0.000000378. The maximum Gasteiger partial charge on any atom is 0.233 e. The van der Waals surface area contributed by atoms with Gasteiger partial charge in [0.1, 0.15) is 23.8 Å². The van der Waals surface area contributed by atoms with E-state index >= 15 is 0 Å². The van der Waals surface area contributed by atoms with Crippen LogP contribution in [0.2, 0.25) is 0 Å². The summed E-state index contributed by atoms with van der Waals surface area (Å²) in [5.74, 6) is 1.39.